The van der Waals surface area contributed by atoms with Gasteiger partial charge < -0.3 is 5.32 Å². The molecule has 0 spiro atoms. The second-order valence-corrected chi connectivity index (χ2v) is 8.48. The molecule has 1 atom stereocenters. The molecule has 1 aromatic heterocycles. The number of hydrogen-bond donors (Lipinski definition) is 2. The van der Waals surface area contributed by atoms with Gasteiger partial charge >= 0.3 is 6.03 Å². The highest BCUT2D eigenvalue weighted by Gasteiger charge is 2.52. The molecule has 180 valence electrons. The second kappa shape index (κ2) is 9.10. The van der Waals surface area contributed by atoms with Crippen molar-refractivity contribution in [3.05, 3.63) is 112 Å². The minimum Gasteiger partial charge on any atom is -0.318 e. The summed E-state index contributed by atoms with van der Waals surface area (Å²) in [5.74, 6) is -1.38. The van der Waals surface area contributed by atoms with Crippen LogP contribution < -0.4 is 16.3 Å². The van der Waals surface area contributed by atoms with Crippen molar-refractivity contribution in [1.29, 1.82) is 0 Å². The molecular formula is C27H23N5O4. The summed E-state index contributed by atoms with van der Waals surface area (Å²) in [7, 11) is 0. The molecule has 0 unspecified atom stereocenters. The first kappa shape index (κ1) is 23.0. The minimum atomic E-state index is -1.30. The summed E-state index contributed by atoms with van der Waals surface area (Å²) >= 11 is 0. The fraction of sp³-hybridized carbons (Fsp3) is 0.148. The molecule has 1 fully saturated rings. The van der Waals surface area contributed by atoms with Crippen molar-refractivity contribution < 1.29 is 14.4 Å². The van der Waals surface area contributed by atoms with E-state index in [1.165, 1.54) is 4.68 Å². The molecule has 0 aliphatic carbocycles. The number of fused-ring (bicyclic) bond motifs is 1. The highest BCUT2D eigenvalue weighted by atomic mass is 16.2. The zero-order valence-corrected chi connectivity index (χ0v) is 19.5. The van der Waals surface area contributed by atoms with E-state index in [2.05, 4.69) is 15.8 Å². The van der Waals surface area contributed by atoms with Gasteiger partial charge in [0.1, 0.15) is 5.54 Å². The summed E-state index contributed by atoms with van der Waals surface area (Å²) in [6.07, 6.45) is 0.289. The molecule has 2 N–H and O–H groups in total. The minimum absolute atomic E-state index is 0.0737. The van der Waals surface area contributed by atoms with Crippen LogP contribution in [-0.2, 0) is 16.9 Å². The third-order valence-corrected chi connectivity index (χ3v) is 6.36. The number of nitrogens with zero attached hydrogens (tertiary/aromatic N) is 3. The fourth-order valence-electron chi connectivity index (χ4n) is 4.46. The molecule has 4 amide bonds. The van der Waals surface area contributed by atoms with E-state index in [1.807, 2.05) is 36.4 Å². The van der Waals surface area contributed by atoms with Crippen LogP contribution in [0.2, 0.25) is 0 Å². The first-order chi connectivity index (χ1) is 17.4. The number of hydrogen-bond acceptors (Lipinski definition) is 5. The predicted molar refractivity (Wildman–Crippen MR) is 133 cm³/mol. The summed E-state index contributed by atoms with van der Waals surface area (Å²) < 4.78 is 1.21. The average Bonchev–Trinajstić information content (AvgIpc) is 3.16. The molecule has 36 heavy (non-hydrogen) atoms. The lowest BCUT2D eigenvalue weighted by Crippen LogP contribution is -2.49. The second-order valence-electron chi connectivity index (χ2n) is 8.48. The van der Waals surface area contributed by atoms with Crippen LogP contribution in [0.3, 0.4) is 0 Å². The summed E-state index contributed by atoms with van der Waals surface area (Å²) in [5, 5.41) is 8.36. The fourth-order valence-corrected chi connectivity index (χ4v) is 4.46. The molecule has 0 bridgehead atoms. The molecule has 9 nitrogen and oxygen atoms in total. The molecule has 2 heterocycles. The Morgan fingerprint density at radius 2 is 1.50 bits per heavy atom. The van der Waals surface area contributed by atoms with Gasteiger partial charge in [-0.05, 0) is 23.6 Å². The van der Waals surface area contributed by atoms with E-state index in [4.69, 9.17) is 0 Å². The van der Waals surface area contributed by atoms with Crippen molar-refractivity contribution in [2.75, 3.05) is 0 Å². The maximum atomic E-state index is 13.4. The third-order valence-electron chi connectivity index (χ3n) is 6.36. The lowest BCUT2D eigenvalue weighted by Gasteiger charge is -2.25. The highest BCUT2D eigenvalue weighted by Crippen LogP contribution is 2.31. The molecule has 1 aliphatic rings. The van der Waals surface area contributed by atoms with Crippen LogP contribution in [0.5, 0.6) is 0 Å². The van der Waals surface area contributed by atoms with Gasteiger partial charge in [-0.1, -0.05) is 85.8 Å². The number of urea groups is 1. The Bertz CT molecular complexity index is 1530. The average molecular weight is 482 g/mol. The number of hydrazine groups is 1. The van der Waals surface area contributed by atoms with Crippen molar-refractivity contribution in [3.8, 4) is 0 Å². The van der Waals surface area contributed by atoms with Crippen molar-refractivity contribution in [2.45, 2.75) is 25.4 Å². The standard InChI is InChI=1S/C27H23N5O4/c1-2-27(19-13-7-4-8-14-19)25(35)32(26(36)28-27)30-23(33)22-20-15-9-10-16-21(20)24(34)31(29-22)17-18-11-5-3-6-12-18/h3-16H,2,17H2,1H3,(H,28,36)(H,30,33)/t27-/m1/s1. The van der Waals surface area contributed by atoms with Crippen LogP contribution in [0.25, 0.3) is 10.8 Å². The van der Waals surface area contributed by atoms with Crippen LogP contribution in [-0.4, -0.2) is 32.6 Å². The lowest BCUT2D eigenvalue weighted by atomic mass is 9.87. The Kier molecular flexibility index (Phi) is 5.81. The SMILES string of the molecule is CC[C@]1(c2ccccc2)NC(=O)N(NC(=O)c2nn(Cc3ccccc3)c(=O)c3ccccc23)C1=O. The third kappa shape index (κ3) is 3.80. The molecular weight excluding hydrogens is 458 g/mol. The molecule has 0 saturated carbocycles. The predicted octanol–water partition coefficient (Wildman–Crippen LogP) is 2.95. The van der Waals surface area contributed by atoms with E-state index in [-0.39, 0.29) is 24.2 Å². The number of nitrogens with one attached hydrogen (secondary N) is 2. The van der Waals surface area contributed by atoms with Gasteiger partial charge in [-0.3, -0.25) is 19.8 Å². The number of amides is 4. The first-order valence-electron chi connectivity index (χ1n) is 11.5. The summed E-state index contributed by atoms with van der Waals surface area (Å²) in [6, 6.07) is 24.0. The van der Waals surface area contributed by atoms with Crippen LogP contribution in [0, 0.1) is 0 Å². The maximum absolute atomic E-state index is 13.4. The number of rotatable bonds is 6. The molecule has 0 radical (unpaired) electrons. The zero-order valence-electron chi connectivity index (χ0n) is 19.5. The quantitative estimate of drug-likeness (QED) is 0.411. The Hall–Kier alpha value is -4.79. The van der Waals surface area contributed by atoms with Crippen LogP contribution in [0.15, 0.2) is 89.7 Å². The number of aromatic nitrogens is 2. The molecule has 5 rings (SSSR count). The van der Waals surface area contributed by atoms with Crippen molar-refractivity contribution >= 4 is 28.6 Å². The first-order valence-corrected chi connectivity index (χ1v) is 11.5. The van der Waals surface area contributed by atoms with Gasteiger partial charge in [0.15, 0.2) is 5.69 Å². The summed E-state index contributed by atoms with van der Waals surface area (Å²) in [6.45, 7) is 1.94. The van der Waals surface area contributed by atoms with Gasteiger partial charge in [-0.25, -0.2) is 9.48 Å². The van der Waals surface area contributed by atoms with Gasteiger partial charge in [0.05, 0.1) is 11.9 Å². The van der Waals surface area contributed by atoms with Crippen LogP contribution >= 0.6 is 0 Å². The highest BCUT2D eigenvalue weighted by molar-refractivity contribution is 6.11. The largest absolute Gasteiger partial charge is 0.344 e. The summed E-state index contributed by atoms with van der Waals surface area (Å²) in [4.78, 5) is 52.7. The van der Waals surface area contributed by atoms with Gasteiger partial charge in [-0.2, -0.15) is 10.1 Å². The van der Waals surface area contributed by atoms with Gasteiger partial charge in [-0.15, -0.1) is 0 Å². The van der Waals surface area contributed by atoms with E-state index in [0.29, 0.717) is 21.3 Å². The number of carbonyl (C=O) groups excluding carboxylic acids is 3. The Labute approximate surface area is 206 Å². The summed E-state index contributed by atoms with van der Waals surface area (Å²) in [5.41, 5.74) is 2.13. The monoisotopic (exact) mass is 481 g/mol. The Balaban J connectivity index is 1.51. The molecule has 9 heteroatoms. The smallest absolute Gasteiger partial charge is 0.318 e. The number of carbonyl (C=O) groups is 3. The Morgan fingerprint density at radius 1 is 0.889 bits per heavy atom. The van der Waals surface area contributed by atoms with E-state index >= 15 is 0 Å². The van der Waals surface area contributed by atoms with Gasteiger partial charge in [0.25, 0.3) is 17.4 Å². The molecule has 3 aromatic carbocycles. The van der Waals surface area contributed by atoms with Crippen LogP contribution in [0.1, 0.15) is 35.0 Å². The number of imide groups is 1. The molecule has 4 aromatic rings. The van der Waals surface area contributed by atoms with E-state index in [9.17, 15) is 19.2 Å². The van der Waals surface area contributed by atoms with Crippen molar-refractivity contribution in [3.63, 3.8) is 0 Å². The van der Waals surface area contributed by atoms with Crippen molar-refractivity contribution in [2.24, 2.45) is 0 Å². The number of benzene rings is 3. The van der Waals surface area contributed by atoms with E-state index in [0.717, 1.165) is 5.56 Å². The Morgan fingerprint density at radius 3 is 2.17 bits per heavy atom. The molecule has 1 saturated heterocycles. The van der Waals surface area contributed by atoms with Crippen LogP contribution in [0.4, 0.5) is 4.79 Å². The zero-order chi connectivity index (χ0) is 25.3. The van der Waals surface area contributed by atoms with E-state index < -0.39 is 23.4 Å². The normalized spacial score (nSPS) is 17.3. The van der Waals surface area contributed by atoms with Gasteiger partial charge in [0, 0.05) is 5.39 Å². The lowest BCUT2D eigenvalue weighted by molar-refractivity contribution is -0.133. The topological polar surface area (TPSA) is 113 Å². The maximum Gasteiger partial charge on any atom is 0.344 e. The van der Waals surface area contributed by atoms with E-state index in [1.54, 1.807) is 55.5 Å². The van der Waals surface area contributed by atoms with Gasteiger partial charge in [0.2, 0.25) is 0 Å². The molecule has 1 aliphatic heterocycles. The van der Waals surface area contributed by atoms with Crippen molar-refractivity contribution in [1.82, 2.24) is 25.5 Å².